The molecule has 94 valence electrons. The van der Waals surface area contributed by atoms with E-state index in [0.29, 0.717) is 0 Å². The Balaban J connectivity index is 1.79. The van der Waals surface area contributed by atoms with E-state index in [4.69, 9.17) is 5.84 Å². The van der Waals surface area contributed by atoms with E-state index in [1.54, 1.807) is 6.20 Å². The van der Waals surface area contributed by atoms with Gasteiger partial charge in [0.05, 0.1) is 29.7 Å². The van der Waals surface area contributed by atoms with Gasteiger partial charge in [0.1, 0.15) is 0 Å². The van der Waals surface area contributed by atoms with Crippen LogP contribution in [0, 0.1) is 0 Å². The fraction of sp³-hybridized carbons (Fsp3) is 0.385. The highest BCUT2D eigenvalue weighted by molar-refractivity contribution is 6.99. The maximum atomic E-state index is 5.61. The van der Waals surface area contributed by atoms with Crippen molar-refractivity contribution in [2.75, 3.05) is 0 Å². The first-order valence-electron chi connectivity index (χ1n) is 6.21. The Bertz CT molecular complexity index is 524. The molecule has 1 aliphatic rings. The van der Waals surface area contributed by atoms with Gasteiger partial charge in [0.25, 0.3) is 0 Å². The molecule has 3 rings (SSSR count). The van der Waals surface area contributed by atoms with Crippen molar-refractivity contribution in [2.24, 2.45) is 5.84 Å². The number of rotatable bonds is 4. The maximum Gasteiger partial charge on any atom is 0.0929 e. The van der Waals surface area contributed by atoms with Crippen molar-refractivity contribution in [1.29, 1.82) is 0 Å². The van der Waals surface area contributed by atoms with Gasteiger partial charge in [-0.15, -0.1) is 0 Å². The van der Waals surface area contributed by atoms with Crippen molar-refractivity contribution in [1.82, 2.24) is 14.2 Å². The van der Waals surface area contributed by atoms with Crippen LogP contribution in [0.4, 0.5) is 0 Å². The molecule has 0 radical (unpaired) electrons. The third-order valence-electron chi connectivity index (χ3n) is 3.54. The van der Waals surface area contributed by atoms with Gasteiger partial charge < -0.3 is 0 Å². The summed E-state index contributed by atoms with van der Waals surface area (Å²) < 4.78 is 8.27. The van der Waals surface area contributed by atoms with Crippen LogP contribution in [0.25, 0.3) is 0 Å². The third kappa shape index (κ3) is 2.29. The monoisotopic (exact) mass is 260 g/mol. The molecule has 1 aromatic heterocycles. The average molecular weight is 260 g/mol. The molecule has 1 unspecified atom stereocenters. The topological polar surface area (TPSA) is 63.8 Å². The zero-order valence-corrected chi connectivity index (χ0v) is 10.9. The van der Waals surface area contributed by atoms with Gasteiger partial charge in [-0.1, -0.05) is 18.2 Å². The van der Waals surface area contributed by atoms with Crippen LogP contribution in [-0.2, 0) is 19.3 Å². The number of fused-ring (bicyclic) bond motifs is 1. The van der Waals surface area contributed by atoms with E-state index >= 15 is 0 Å². The summed E-state index contributed by atoms with van der Waals surface area (Å²) in [5, 5.41) is 0. The van der Waals surface area contributed by atoms with E-state index in [1.165, 1.54) is 47.7 Å². The smallest absolute Gasteiger partial charge is 0.0929 e. The van der Waals surface area contributed by atoms with Crippen molar-refractivity contribution in [3.05, 3.63) is 46.8 Å². The minimum absolute atomic E-state index is 0.0446. The first kappa shape index (κ1) is 11.8. The molecule has 0 fully saturated rings. The average Bonchev–Trinajstić information content (AvgIpc) is 3.06. The number of hydrazine groups is 1. The van der Waals surface area contributed by atoms with Crippen molar-refractivity contribution in [3.8, 4) is 0 Å². The number of nitrogens with one attached hydrogen (secondary N) is 1. The zero-order valence-electron chi connectivity index (χ0n) is 10.1. The molecular weight excluding hydrogens is 244 g/mol. The molecule has 0 saturated carbocycles. The maximum absolute atomic E-state index is 5.61. The van der Waals surface area contributed by atoms with Gasteiger partial charge in [-0.05, 0) is 42.4 Å². The van der Waals surface area contributed by atoms with Gasteiger partial charge in [-0.2, -0.15) is 8.75 Å². The second kappa shape index (κ2) is 5.14. The summed E-state index contributed by atoms with van der Waals surface area (Å²) in [6.07, 6.45) is 6.36. The number of aromatic nitrogens is 2. The summed E-state index contributed by atoms with van der Waals surface area (Å²) in [6.45, 7) is 0. The van der Waals surface area contributed by atoms with E-state index in [0.717, 1.165) is 12.1 Å². The molecule has 0 aliphatic heterocycles. The lowest BCUT2D eigenvalue weighted by molar-refractivity contribution is 0.542. The molecule has 1 aromatic carbocycles. The standard InChI is InChI=1S/C13H16N4S/c14-16-12(13-8-15-18-17-13)7-9-4-5-10-2-1-3-11(10)6-9/h4-6,8,12,16H,1-3,7,14H2. The lowest BCUT2D eigenvalue weighted by Gasteiger charge is -2.13. The molecule has 5 heteroatoms. The Morgan fingerprint density at radius 2 is 2.22 bits per heavy atom. The van der Waals surface area contributed by atoms with Crippen molar-refractivity contribution < 1.29 is 0 Å². The van der Waals surface area contributed by atoms with E-state index in [1.807, 2.05) is 0 Å². The largest absolute Gasteiger partial charge is 0.271 e. The highest BCUT2D eigenvalue weighted by Gasteiger charge is 2.16. The predicted molar refractivity (Wildman–Crippen MR) is 72.1 cm³/mol. The van der Waals surface area contributed by atoms with E-state index < -0.39 is 0 Å². The van der Waals surface area contributed by atoms with Crippen LogP contribution in [0.2, 0.25) is 0 Å². The normalized spacial score (nSPS) is 15.6. The molecule has 0 saturated heterocycles. The van der Waals surface area contributed by atoms with Gasteiger partial charge in [0, 0.05) is 0 Å². The molecule has 1 atom stereocenters. The lowest BCUT2D eigenvalue weighted by Crippen LogP contribution is -2.29. The molecule has 18 heavy (non-hydrogen) atoms. The van der Waals surface area contributed by atoms with Crippen molar-refractivity contribution in [3.63, 3.8) is 0 Å². The van der Waals surface area contributed by atoms with E-state index in [-0.39, 0.29) is 6.04 Å². The second-order valence-corrected chi connectivity index (χ2v) is 5.27. The van der Waals surface area contributed by atoms with Gasteiger partial charge in [0.15, 0.2) is 0 Å². The fourth-order valence-corrected chi connectivity index (χ4v) is 3.03. The summed E-state index contributed by atoms with van der Waals surface area (Å²) >= 11 is 1.22. The third-order valence-corrected chi connectivity index (χ3v) is 4.03. The molecular formula is C13H16N4S. The number of nitrogens with zero attached hydrogens (tertiary/aromatic N) is 2. The Hall–Kier alpha value is -1.30. The van der Waals surface area contributed by atoms with Crippen LogP contribution >= 0.6 is 11.7 Å². The molecule has 1 heterocycles. The SMILES string of the molecule is NNC(Cc1ccc2c(c1)CCC2)c1cnsn1. The van der Waals surface area contributed by atoms with Crippen LogP contribution in [0.15, 0.2) is 24.4 Å². The van der Waals surface area contributed by atoms with Gasteiger partial charge in [-0.25, -0.2) is 0 Å². The fourth-order valence-electron chi connectivity index (χ4n) is 2.56. The minimum atomic E-state index is 0.0446. The minimum Gasteiger partial charge on any atom is -0.271 e. The molecule has 3 N–H and O–H groups in total. The number of hydrogen-bond acceptors (Lipinski definition) is 5. The zero-order chi connectivity index (χ0) is 12.4. The van der Waals surface area contributed by atoms with Gasteiger partial charge >= 0.3 is 0 Å². The first-order chi connectivity index (χ1) is 8.86. The molecule has 0 amide bonds. The summed E-state index contributed by atoms with van der Waals surface area (Å²) in [6, 6.07) is 6.81. The highest BCUT2D eigenvalue weighted by Crippen LogP contribution is 2.25. The van der Waals surface area contributed by atoms with Crippen LogP contribution in [0.5, 0.6) is 0 Å². The predicted octanol–water partition coefficient (Wildman–Crippen LogP) is 1.77. The number of hydrogen-bond donors (Lipinski definition) is 2. The lowest BCUT2D eigenvalue weighted by atomic mass is 10.00. The van der Waals surface area contributed by atoms with E-state index in [9.17, 15) is 0 Å². The summed E-state index contributed by atoms with van der Waals surface area (Å²) in [5.41, 5.74) is 8.06. The van der Waals surface area contributed by atoms with Crippen LogP contribution in [0.1, 0.15) is 34.8 Å². The van der Waals surface area contributed by atoms with E-state index in [2.05, 4.69) is 32.4 Å². The Labute approximate surface area is 111 Å². The Morgan fingerprint density at radius 1 is 1.33 bits per heavy atom. The Kier molecular flexibility index (Phi) is 3.36. The van der Waals surface area contributed by atoms with Crippen LogP contribution in [0.3, 0.4) is 0 Å². The highest BCUT2D eigenvalue weighted by atomic mass is 32.1. The van der Waals surface area contributed by atoms with Crippen molar-refractivity contribution >= 4 is 11.7 Å². The number of aryl methyl sites for hydroxylation is 2. The molecule has 4 nitrogen and oxygen atoms in total. The van der Waals surface area contributed by atoms with Crippen molar-refractivity contribution in [2.45, 2.75) is 31.7 Å². The second-order valence-electron chi connectivity index (χ2n) is 4.71. The Morgan fingerprint density at radius 3 is 3.00 bits per heavy atom. The number of benzene rings is 1. The molecule has 1 aliphatic carbocycles. The molecule has 2 aromatic rings. The van der Waals surface area contributed by atoms with Crippen LogP contribution < -0.4 is 11.3 Å². The summed E-state index contributed by atoms with van der Waals surface area (Å²) in [7, 11) is 0. The van der Waals surface area contributed by atoms with Gasteiger partial charge in [-0.3, -0.25) is 11.3 Å². The summed E-state index contributed by atoms with van der Waals surface area (Å²) in [4.78, 5) is 0. The molecule has 0 spiro atoms. The number of nitrogens with two attached hydrogens (primary N) is 1. The quantitative estimate of drug-likeness (QED) is 0.649. The summed E-state index contributed by atoms with van der Waals surface area (Å²) in [5.74, 6) is 5.61. The van der Waals surface area contributed by atoms with Crippen LogP contribution in [-0.4, -0.2) is 8.75 Å². The first-order valence-corrected chi connectivity index (χ1v) is 6.94. The molecule has 0 bridgehead atoms. The van der Waals surface area contributed by atoms with Gasteiger partial charge in [0.2, 0.25) is 0 Å².